The van der Waals surface area contributed by atoms with Crippen LogP contribution in [0.2, 0.25) is 0 Å². The SMILES string of the molecule is Cc1cc(=O)c(C(=O)N(Cc2ccccc2)C(C)C)nn1-c1ccccc1[N+](=O)[O-]. The molecule has 3 aromatic rings. The first-order valence-corrected chi connectivity index (χ1v) is 9.49. The van der Waals surface area contributed by atoms with Gasteiger partial charge in [-0.3, -0.25) is 19.7 Å². The Hall–Kier alpha value is -3.81. The maximum atomic E-state index is 13.2. The summed E-state index contributed by atoms with van der Waals surface area (Å²) in [5, 5.41) is 15.7. The molecule has 1 amide bonds. The lowest BCUT2D eigenvalue weighted by Crippen LogP contribution is -2.40. The van der Waals surface area contributed by atoms with E-state index in [1.54, 1.807) is 24.0 Å². The van der Waals surface area contributed by atoms with Gasteiger partial charge in [0, 0.05) is 30.4 Å². The number of nitro benzene ring substituents is 1. The van der Waals surface area contributed by atoms with Gasteiger partial charge in [-0.15, -0.1) is 0 Å². The number of carbonyl (C=O) groups excluding carboxylic acids is 1. The highest BCUT2D eigenvalue weighted by molar-refractivity contribution is 5.92. The molecule has 0 spiro atoms. The quantitative estimate of drug-likeness (QED) is 0.461. The summed E-state index contributed by atoms with van der Waals surface area (Å²) in [6.07, 6.45) is 0. The Kier molecular flexibility index (Phi) is 6.06. The van der Waals surface area contributed by atoms with Crippen LogP contribution in [0.25, 0.3) is 5.69 Å². The van der Waals surface area contributed by atoms with Crippen LogP contribution < -0.4 is 5.43 Å². The first kappa shape index (κ1) is 20.9. The third-order valence-corrected chi connectivity index (χ3v) is 4.70. The molecule has 0 radical (unpaired) electrons. The van der Waals surface area contributed by atoms with E-state index >= 15 is 0 Å². The Morgan fingerprint density at radius 1 is 1.13 bits per heavy atom. The molecule has 0 aliphatic carbocycles. The summed E-state index contributed by atoms with van der Waals surface area (Å²) < 4.78 is 1.27. The maximum absolute atomic E-state index is 13.2. The predicted molar refractivity (Wildman–Crippen MR) is 113 cm³/mol. The molecule has 0 saturated heterocycles. The van der Waals surface area contributed by atoms with Crippen molar-refractivity contribution in [3.8, 4) is 5.69 Å². The second kappa shape index (κ2) is 8.69. The van der Waals surface area contributed by atoms with E-state index in [-0.39, 0.29) is 23.1 Å². The van der Waals surface area contributed by atoms with Crippen LogP contribution in [0.15, 0.2) is 65.5 Å². The van der Waals surface area contributed by atoms with Crippen LogP contribution in [-0.4, -0.2) is 31.6 Å². The molecule has 0 saturated carbocycles. The first-order chi connectivity index (χ1) is 14.3. The summed E-state index contributed by atoms with van der Waals surface area (Å²) in [5.74, 6) is -0.522. The smallest absolute Gasteiger partial charge is 0.294 e. The fourth-order valence-electron chi connectivity index (χ4n) is 3.14. The maximum Gasteiger partial charge on any atom is 0.294 e. The average Bonchev–Trinajstić information content (AvgIpc) is 2.72. The fraction of sp³-hybridized carbons (Fsp3) is 0.227. The van der Waals surface area contributed by atoms with Gasteiger partial charge in [-0.25, -0.2) is 4.68 Å². The molecular weight excluding hydrogens is 384 g/mol. The highest BCUT2D eigenvalue weighted by atomic mass is 16.6. The molecule has 0 unspecified atom stereocenters. The summed E-state index contributed by atoms with van der Waals surface area (Å²) in [4.78, 5) is 38.3. The van der Waals surface area contributed by atoms with Crippen molar-refractivity contribution in [1.82, 2.24) is 14.7 Å². The Morgan fingerprint density at radius 2 is 1.77 bits per heavy atom. The van der Waals surface area contributed by atoms with Crippen LogP contribution in [0.1, 0.15) is 35.6 Å². The number of aryl methyl sites for hydroxylation is 1. The largest absolute Gasteiger partial charge is 0.330 e. The van der Waals surface area contributed by atoms with E-state index in [4.69, 9.17) is 0 Å². The first-order valence-electron chi connectivity index (χ1n) is 9.49. The van der Waals surface area contributed by atoms with Gasteiger partial charge in [0.05, 0.1) is 4.92 Å². The third kappa shape index (κ3) is 4.27. The van der Waals surface area contributed by atoms with Gasteiger partial charge in [0.2, 0.25) is 5.43 Å². The molecule has 0 atom stereocenters. The number of amides is 1. The zero-order chi connectivity index (χ0) is 21.8. The molecule has 0 N–H and O–H groups in total. The van der Waals surface area contributed by atoms with Crippen LogP contribution in [0.5, 0.6) is 0 Å². The molecule has 0 aliphatic heterocycles. The van der Waals surface area contributed by atoms with E-state index in [9.17, 15) is 19.7 Å². The summed E-state index contributed by atoms with van der Waals surface area (Å²) >= 11 is 0. The predicted octanol–water partition coefficient (Wildman–Crippen LogP) is 3.50. The van der Waals surface area contributed by atoms with Gasteiger partial charge < -0.3 is 4.90 Å². The number of hydrogen-bond acceptors (Lipinski definition) is 5. The van der Waals surface area contributed by atoms with E-state index in [0.29, 0.717) is 12.2 Å². The number of rotatable bonds is 6. The molecule has 8 heteroatoms. The Balaban J connectivity index is 2.08. The third-order valence-electron chi connectivity index (χ3n) is 4.70. The normalized spacial score (nSPS) is 10.8. The van der Waals surface area contributed by atoms with Crippen molar-refractivity contribution in [2.24, 2.45) is 0 Å². The van der Waals surface area contributed by atoms with Gasteiger partial charge in [0.15, 0.2) is 5.69 Å². The molecule has 8 nitrogen and oxygen atoms in total. The van der Waals surface area contributed by atoms with Crippen molar-refractivity contribution in [2.75, 3.05) is 0 Å². The highest BCUT2D eigenvalue weighted by Crippen LogP contribution is 2.22. The molecule has 0 bridgehead atoms. The number of nitrogens with zero attached hydrogens (tertiary/aromatic N) is 4. The summed E-state index contributed by atoms with van der Waals surface area (Å²) in [6, 6.07) is 16.6. The molecule has 2 aromatic carbocycles. The van der Waals surface area contributed by atoms with Gasteiger partial charge in [-0.1, -0.05) is 42.5 Å². The molecule has 154 valence electrons. The zero-order valence-electron chi connectivity index (χ0n) is 17.0. The lowest BCUT2D eigenvalue weighted by Gasteiger charge is -2.26. The van der Waals surface area contributed by atoms with Crippen molar-refractivity contribution in [3.05, 3.63) is 98.0 Å². The van der Waals surface area contributed by atoms with Gasteiger partial charge in [0.1, 0.15) is 5.69 Å². The van der Waals surface area contributed by atoms with Crippen molar-refractivity contribution < 1.29 is 9.72 Å². The van der Waals surface area contributed by atoms with Crippen molar-refractivity contribution in [1.29, 1.82) is 0 Å². The minimum atomic E-state index is -0.522. The van der Waals surface area contributed by atoms with Crippen LogP contribution in [0.4, 0.5) is 5.69 Å². The number of nitro groups is 1. The molecular formula is C22H22N4O4. The fourth-order valence-corrected chi connectivity index (χ4v) is 3.14. The van der Waals surface area contributed by atoms with E-state index < -0.39 is 16.3 Å². The topological polar surface area (TPSA) is 98.3 Å². The molecule has 0 aliphatic rings. The second-order valence-corrected chi connectivity index (χ2v) is 7.17. The number of para-hydroxylation sites is 2. The van der Waals surface area contributed by atoms with Crippen LogP contribution in [0.3, 0.4) is 0 Å². The van der Waals surface area contributed by atoms with Crippen molar-refractivity contribution in [3.63, 3.8) is 0 Å². The van der Waals surface area contributed by atoms with Gasteiger partial charge in [0.25, 0.3) is 11.6 Å². The molecule has 0 fully saturated rings. The van der Waals surface area contributed by atoms with Crippen molar-refractivity contribution >= 4 is 11.6 Å². The van der Waals surface area contributed by atoms with Gasteiger partial charge in [-0.2, -0.15) is 5.10 Å². The number of aromatic nitrogens is 2. The number of carbonyl (C=O) groups is 1. The van der Waals surface area contributed by atoms with E-state index in [1.165, 1.54) is 22.9 Å². The van der Waals surface area contributed by atoms with Crippen LogP contribution in [-0.2, 0) is 6.54 Å². The number of hydrogen-bond donors (Lipinski definition) is 0. The van der Waals surface area contributed by atoms with E-state index in [0.717, 1.165) is 5.56 Å². The summed E-state index contributed by atoms with van der Waals surface area (Å²) in [5.41, 5.74) is 0.540. The Labute approximate surface area is 173 Å². The van der Waals surface area contributed by atoms with Gasteiger partial charge >= 0.3 is 0 Å². The molecule has 3 rings (SSSR count). The lowest BCUT2D eigenvalue weighted by atomic mass is 10.1. The minimum absolute atomic E-state index is 0.167. The van der Waals surface area contributed by atoms with E-state index in [2.05, 4.69) is 5.10 Å². The second-order valence-electron chi connectivity index (χ2n) is 7.17. The minimum Gasteiger partial charge on any atom is -0.330 e. The Bertz CT molecular complexity index is 1140. The lowest BCUT2D eigenvalue weighted by molar-refractivity contribution is -0.384. The van der Waals surface area contributed by atoms with Gasteiger partial charge in [-0.05, 0) is 32.4 Å². The average molecular weight is 406 g/mol. The Morgan fingerprint density at radius 3 is 2.40 bits per heavy atom. The molecule has 1 aromatic heterocycles. The van der Waals surface area contributed by atoms with Crippen LogP contribution in [0, 0.1) is 17.0 Å². The summed E-state index contributed by atoms with van der Waals surface area (Å²) in [7, 11) is 0. The monoisotopic (exact) mass is 406 g/mol. The highest BCUT2D eigenvalue weighted by Gasteiger charge is 2.25. The molecule has 30 heavy (non-hydrogen) atoms. The molecule has 1 heterocycles. The standard InChI is InChI=1S/C22H22N4O4/c1-15(2)24(14-17-9-5-4-6-10-17)22(28)21-20(27)13-16(3)25(23-21)18-11-7-8-12-19(18)26(29)30/h4-13,15H,14H2,1-3H3. The number of benzene rings is 2. The zero-order valence-corrected chi connectivity index (χ0v) is 17.0. The van der Waals surface area contributed by atoms with Crippen molar-refractivity contribution in [2.45, 2.75) is 33.4 Å². The van der Waals surface area contributed by atoms with Crippen LogP contribution >= 0.6 is 0 Å². The van der Waals surface area contributed by atoms with E-state index in [1.807, 2.05) is 44.2 Å². The summed E-state index contributed by atoms with van der Waals surface area (Å²) in [6.45, 7) is 5.65.